The van der Waals surface area contributed by atoms with Gasteiger partial charge in [-0.2, -0.15) is 0 Å². The van der Waals surface area contributed by atoms with Gasteiger partial charge in [0.2, 0.25) is 0 Å². The number of rotatable bonds is 4. The first-order chi connectivity index (χ1) is 7.88. The molecule has 5 atom stereocenters. The Hall–Kier alpha value is -0.200. The van der Waals surface area contributed by atoms with E-state index >= 15 is 0 Å². The second-order valence-electron chi connectivity index (χ2n) is 5.35. The first-order valence-corrected chi connectivity index (χ1v) is 6.33. The highest BCUT2D eigenvalue weighted by Crippen LogP contribution is 2.31. The van der Waals surface area contributed by atoms with Crippen molar-refractivity contribution >= 4 is 0 Å². The largest absolute Gasteiger partial charge is 0.391 e. The highest BCUT2D eigenvalue weighted by molar-refractivity contribution is 4.93. The van der Waals surface area contributed by atoms with Gasteiger partial charge in [-0.3, -0.25) is 0 Å². The summed E-state index contributed by atoms with van der Waals surface area (Å²) in [5, 5.41) is 10.3. The van der Waals surface area contributed by atoms with E-state index in [0.29, 0.717) is 6.54 Å². The third-order valence-electron chi connectivity index (χ3n) is 3.25. The topological polar surface area (TPSA) is 90.7 Å². The van der Waals surface area contributed by atoms with E-state index in [1.54, 1.807) is 0 Å². The Morgan fingerprint density at radius 3 is 2.29 bits per heavy atom. The van der Waals surface area contributed by atoms with Crippen LogP contribution in [0.1, 0.15) is 27.7 Å². The normalized spacial score (nSPS) is 39.0. The van der Waals surface area contributed by atoms with Crippen LogP contribution in [0, 0.1) is 11.8 Å². The van der Waals surface area contributed by atoms with Gasteiger partial charge < -0.3 is 26.0 Å². The van der Waals surface area contributed by atoms with Crippen molar-refractivity contribution in [3.63, 3.8) is 0 Å². The lowest BCUT2D eigenvalue weighted by Gasteiger charge is -2.45. The average molecular weight is 246 g/mol. The zero-order chi connectivity index (χ0) is 13.2. The SMILES string of the molecule is CC(C)O[C@H]1OC(CN)[C@@H](C(C)C)[C@H](O)C1N. The van der Waals surface area contributed by atoms with Crippen LogP contribution in [0.25, 0.3) is 0 Å². The average Bonchev–Trinajstić information content (AvgIpc) is 2.23. The van der Waals surface area contributed by atoms with Crippen LogP contribution in [0.2, 0.25) is 0 Å². The van der Waals surface area contributed by atoms with Crippen molar-refractivity contribution in [1.29, 1.82) is 0 Å². The van der Waals surface area contributed by atoms with Crippen molar-refractivity contribution < 1.29 is 14.6 Å². The molecule has 17 heavy (non-hydrogen) atoms. The van der Waals surface area contributed by atoms with Crippen molar-refractivity contribution in [2.24, 2.45) is 23.3 Å². The summed E-state index contributed by atoms with van der Waals surface area (Å²) in [6.45, 7) is 8.26. The van der Waals surface area contributed by atoms with E-state index < -0.39 is 18.4 Å². The van der Waals surface area contributed by atoms with Crippen LogP contribution in [0.4, 0.5) is 0 Å². The third kappa shape index (κ3) is 3.39. The maximum Gasteiger partial charge on any atom is 0.175 e. The lowest BCUT2D eigenvalue weighted by atomic mass is 9.80. The number of hydrogen-bond acceptors (Lipinski definition) is 5. The Morgan fingerprint density at radius 1 is 1.29 bits per heavy atom. The molecule has 1 fully saturated rings. The molecule has 0 spiro atoms. The van der Waals surface area contributed by atoms with Crippen LogP contribution >= 0.6 is 0 Å². The van der Waals surface area contributed by atoms with Crippen molar-refractivity contribution in [2.75, 3.05) is 6.54 Å². The Morgan fingerprint density at radius 2 is 1.88 bits per heavy atom. The molecule has 2 unspecified atom stereocenters. The van der Waals surface area contributed by atoms with Gasteiger partial charge >= 0.3 is 0 Å². The molecule has 1 aliphatic rings. The smallest absolute Gasteiger partial charge is 0.175 e. The quantitative estimate of drug-likeness (QED) is 0.652. The number of aliphatic hydroxyl groups excluding tert-OH is 1. The van der Waals surface area contributed by atoms with Crippen molar-refractivity contribution in [2.45, 2.75) is 58.3 Å². The lowest BCUT2D eigenvalue weighted by molar-refractivity contribution is -0.259. The van der Waals surface area contributed by atoms with E-state index in [-0.39, 0.29) is 24.0 Å². The molecule has 5 N–H and O–H groups in total. The molecule has 1 aliphatic heterocycles. The summed E-state index contributed by atoms with van der Waals surface area (Å²) in [6, 6.07) is -0.521. The Bertz CT molecular complexity index is 232. The molecule has 1 rings (SSSR count). The van der Waals surface area contributed by atoms with Crippen LogP contribution in [0.15, 0.2) is 0 Å². The summed E-state index contributed by atoms with van der Waals surface area (Å²) in [7, 11) is 0. The summed E-state index contributed by atoms with van der Waals surface area (Å²) in [5.74, 6) is 0.228. The van der Waals surface area contributed by atoms with Gasteiger partial charge in [0.05, 0.1) is 24.4 Å². The summed E-state index contributed by atoms with van der Waals surface area (Å²) >= 11 is 0. The fourth-order valence-electron chi connectivity index (χ4n) is 2.42. The molecule has 5 heteroatoms. The van der Waals surface area contributed by atoms with Gasteiger partial charge in [0, 0.05) is 12.5 Å². The molecule has 0 aromatic rings. The van der Waals surface area contributed by atoms with Crippen LogP contribution in [-0.4, -0.2) is 42.3 Å². The van der Waals surface area contributed by atoms with Gasteiger partial charge in [0.15, 0.2) is 6.29 Å². The van der Waals surface area contributed by atoms with Crippen LogP contribution in [0.5, 0.6) is 0 Å². The highest BCUT2D eigenvalue weighted by Gasteiger charge is 2.44. The molecule has 0 bridgehead atoms. The molecular weight excluding hydrogens is 220 g/mol. The second-order valence-corrected chi connectivity index (χ2v) is 5.35. The Labute approximate surface area is 103 Å². The number of hydrogen-bond donors (Lipinski definition) is 3. The molecule has 0 amide bonds. The summed E-state index contributed by atoms with van der Waals surface area (Å²) in [4.78, 5) is 0. The minimum Gasteiger partial charge on any atom is -0.391 e. The molecular formula is C12H26N2O3. The molecule has 0 aliphatic carbocycles. The van der Waals surface area contributed by atoms with E-state index in [9.17, 15) is 5.11 Å². The number of ether oxygens (including phenoxy) is 2. The van der Waals surface area contributed by atoms with E-state index in [1.165, 1.54) is 0 Å². The molecule has 1 saturated heterocycles. The molecule has 0 aromatic heterocycles. The zero-order valence-electron chi connectivity index (χ0n) is 11.2. The van der Waals surface area contributed by atoms with Gasteiger partial charge in [0.25, 0.3) is 0 Å². The molecule has 0 aromatic carbocycles. The monoisotopic (exact) mass is 246 g/mol. The van der Waals surface area contributed by atoms with Crippen molar-refractivity contribution in [3.8, 4) is 0 Å². The molecule has 102 valence electrons. The van der Waals surface area contributed by atoms with Gasteiger partial charge in [-0.1, -0.05) is 13.8 Å². The summed E-state index contributed by atoms with van der Waals surface area (Å²) in [6.07, 6.45) is -1.41. The predicted octanol–water partition coefficient (Wildman–Crippen LogP) is 0.0554. The maximum atomic E-state index is 10.3. The van der Waals surface area contributed by atoms with Crippen LogP contribution in [0.3, 0.4) is 0 Å². The van der Waals surface area contributed by atoms with Crippen molar-refractivity contribution in [1.82, 2.24) is 0 Å². The minimum absolute atomic E-state index is 0.00674. The fourth-order valence-corrected chi connectivity index (χ4v) is 2.42. The van der Waals surface area contributed by atoms with Gasteiger partial charge in [-0.05, 0) is 19.8 Å². The van der Waals surface area contributed by atoms with Crippen LogP contribution in [-0.2, 0) is 9.47 Å². The predicted molar refractivity (Wildman–Crippen MR) is 66.2 cm³/mol. The Kier molecular flexibility index (Phi) is 5.34. The molecule has 1 heterocycles. The third-order valence-corrected chi connectivity index (χ3v) is 3.25. The van der Waals surface area contributed by atoms with E-state index in [1.807, 2.05) is 27.7 Å². The van der Waals surface area contributed by atoms with E-state index in [0.717, 1.165) is 0 Å². The van der Waals surface area contributed by atoms with Crippen molar-refractivity contribution in [3.05, 3.63) is 0 Å². The summed E-state index contributed by atoms with van der Waals surface area (Å²) < 4.78 is 11.3. The van der Waals surface area contributed by atoms with Gasteiger partial charge in [-0.25, -0.2) is 0 Å². The zero-order valence-corrected chi connectivity index (χ0v) is 11.2. The lowest BCUT2D eigenvalue weighted by Crippen LogP contribution is -2.62. The Balaban J connectivity index is 2.78. The standard InChI is InChI=1S/C12H26N2O3/c1-6(2)9-8(5-13)17-12(16-7(3)4)10(14)11(9)15/h6-12,15H,5,13-14H2,1-4H3/t8?,9-,10?,11+,12+/m1/s1. The van der Waals surface area contributed by atoms with Gasteiger partial charge in [-0.15, -0.1) is 0 Å². The fraction of sp³-hybridized carbons (Fsp3) is 1.00. The minimum atomic E-state index is -0.638. The molecule has 5 nitrogen and oxygen atoms in total. The van der Waals surface area contributed by atoms with E-state index in [4.69, 9.17) is 20.9 Å². The second kappa shape index (κ2) is 6.11. The molecule has 0 radical (unpaired) electrons. The highest BCUT2D eigenvalue weighted by atomic mass is 16.7. The number of aliphatic hydroxyl groups is 1. The first-order valence-electron chi connectivity index (χ1n) is 6.33. The van der Waals surface area contributed by atoms with Gasteiger partial charge in [0.1, 0.15) is 0 Å². The first kappa shape index (κ1) is 14.9. The van der Waals surface area contributed by atoms with Crippen LogP contribution < -0.4 is 11.5 Å². The summed E-state index contributed by atoms with van der Waals surface area (Å²) in [5.41, 5.74) is 11.7. The molecule has 0 saturated carbocycles. The maximum absolute atomic E-state index is 10.3. The van der Waals surface area contributed by atoms with E-state index in [2.05, 4.69) is 0 Å². The number of nitrogens with two attached hydrogens (primary N) is 2.